The molecule has 1 aromatic heterocycles. The molecule has 88 valence electrons. The lowest BCUT2D eigenvalue weighted by atomic mass is 9.78. The first-order chi connectivity index (χ1) is 8.03. The summed E-state index contributed by atoms with van der Waals surface area (Å²) in [5.41, 5.74) is 1.32. The van der Waals surface area contributed by atoms with Crippen LogP contribution in [-0.2, 0) is 5.41 Å². The summed E-state index contributed by atoms with van der Waals surface area (Å²) in [6.45, 7) is 3.93. The number of hydrogen-bond acceptors (Lipinski definition) is 2. The summed E-state index contributed by atoms with van der Waals surface area (Å²) in [5, 5.41) is 3.84. The number of benzene rings is 1. The van der Waals surface area contributed by atoms with Gasteiger partial charge in [0.1, 0.15) is 0 Å². The third-order valence-corrected chi connectivity index (χ3v) is 4.63. The van der Waals surface area contributed by atoms with Crippen LogP contribution in [0.3, 0.4) is 0 Å². The topological polar surface area (TPSA) is 17.1 Å². The van der Waals surface area contributed by atoms with Crippen molar-refractivity contribution in [2.24, 2.45) is 0 Å². The van der Waals surface area contributed by atoms with Crippen molar-refractivity contribution in [1.29, 1.82) is 0 Å². The summed E-state index contributed by atoms with van der Waals surface area (Å²) in [4.78, 5) is 12.5. The Kier molecular flexibility index (Phi) is 3.50. The average molecular weight is 309 g/mol. The third kappa shape index (κ3) is 2.35. The molecular weight excluding hydrogens is 296 g/mol. The van der Waals surface area contributed by atoms with Crippen LogP contribution in [0.4, 0.5) is 0 Å². The molecule has 0 spiro atoms. The maximum Gasteiger partial charge on any atom is 0.174 e. The van der Waals surface area contributed by atoms with Gasteiger partial charge in [-0.1, -0.05) is 30.3 Å². The van der Waals surface area contributed by atoms with Crippen molar-refractivity contribution in [1.82, 2.24) is 0 Å². The second kappa shape index (κ2) is 4.75. The molecule has 0 aliphatic carbocycles. The number of Topliss-reactive ketones (excluding diaryl/α,β-unsaturated/α-hetero) is 1. The fraction of sp³-hybridized carbons (Fsp3) is 0.214. The van der Waals surface area contributed by atoms with E-state index in [1.807, 2.05) is 54.9 Å². The Morgan fingerprint density at radius 1 is 1.18 bits per heavy atom. The van der Waals surface area contributed by atoms with Crippen LogP contribution in [-0.4, -0.2) is 5.78 Å². The summed E-state index contributed by atoms with van der Waals surface area (Å²) < 4.78 is 0.886. The Labute approximate surface area is 114 Å². The molecule has 1 heterocycles. The summed E-state index contributed by atoms with van der Waals surface area (Å²) in [6.07, 6.45) is 0. The number of rotatable bonds is 3. The van der Waals surface area contributed by atoms with E-state index in [2.05, 4.69) is 15.9 Å². The fourth-order valence-corrected chi connectivity index (χ4v) is 3.22. The smallest absolute Gasteiger partial charge is 0.174 e. The lowest BCUT2D eigenvalue weighted by Crippen LogP contribution is -2.28. The first-order valence-electron chi connectivity index (χ1n) is 5.35. The molecule has 0 amide bonds. The van der Waals surface area contributed by atoms with Gasteiger partial charge in [-0.15, -0.1) is 0 Å². The molecule has 17 heavy (non-hydrogen) atoms. The first-order valence-corrected chi connectivity index (χ1v) is 7.09. The van der Waals surface area contributed by atoms with Crippen molar-refractivity contribution in [3.8, 4) is 0 Å². The molecule has 0 aliphatic heterocycles. The summed E-state index contributed by atoms with van der Waals surface area (Å²) in [7, 11) is 0. The van der Waals surface area contributed by atoms with Gasteiger partial charge in [-0.25, -0.2) is 0 Å². The molecule has 0 unspecified atom stereocenters. The molecule has 3 heteroatoms. The van der Waals surface area contributed by atoms with Gasteiger partial charge in [0.2, 0.25) is 0 Å². The van der Waals surface area contributed by atoms with Gasteiger partial charge < -0.3 is 0 Å². The Bertz CT molecular complexity index is 528. The molecule has 0 saturated carbocycles. The van der Waals surface area contributed by atoms with E-state index < -0.39 is 5.41 Å². The van der Waals surface area contributed by atoms with E-state index >= 15 is 0 Å². The highest BCUT2D eigenvalue weighted by Gasteiger charge is 2.31. The molecule has 0 fully saturated rings. The number of carbonyl (C=O) groups excluding carboxylic acids is 1. The van der Waals surface area contributed by atoms with E-state index in [1.165, 1.54) is 11.3 Å². The van der Waals surface area contributed by atoms with Crippen molar-refractivity contribution in [2.75, 3.05) is 0 Å². The predicted molar refractivity (Wildman–Crippen MR) is 75.8 cm³/mol. The van der Waals surface area contributed by atoms with Gasteiger partial charge in [0.15, 0.2) is 5.78 Å². The second-order valence-electron chi connectivity index (χ2n) is 4.45. The van der Waals surface area contributed by atoms with Crippen LogP contribution in [0, 0.1) is 0 Å². The molecule has 0 atom stereocenters. The minimum absolute atomic E-state index is 0.150. The van der Waals surface area contributed by atoms with Gasteiger partial charge in [-0.05, 0) is 35.3 Å². The Morgan fingerprint density at radius 2 is 1.82 bits per heavy atom. The Balaban J connectivity index is 2.40. The highest BCUT2D eigenvalue weighted by atomic mass is 79.9. The quantitative estimate of drug-likeness (QED) is 0.753. The molecule has 0 radical (unpaired) electrons. The number of carbonyl (C=O) groups is 1. The zero-order valence-corrected chi connectivity index (χ0v) is 12.1. The van der Waals surface area contributed by atoms with Crippen LogP contribution < -0.4 is 0 Å². The van der Waals surface area contributed by atoms with Crippen molar-refractivity contribution in [3.05, 3.63) is 56.7 Å². The van der Waals surface area contributed by atoms with E-state index in [-0.39, 0.29) is 5.78 Å². The summed E-state index contributed by atoms with van der Waals surface area (Å²) in [6, 6.07) is 9.89. The number of ketones is 1. The van der Waals surface area contributed by atoms with Crippen LogP contribution in [0.25, 0.3) is 0 Å². The van der Waals surface area contributed by atoms with E-state index in [4.69, 9.17) is 0 Å². The standard InChI is InChI=1S/C14H13BrOS/c1-14(2,10-6-4-3-5-7-10)13(16)11-8-17-9-12(11)15/h3-9H,1-2H3. The van der Waals surface area contributed by atoms with Crippen molar-refractivity contribution in [3.63, 3.8) is 0 Å². The maximum atomic E-state index is 12.5. The summed E-state index contributed by atoms with van der Waals surface area (Å²) in [5.74, 6) is 0.150. The predicted octanol–water partition coefficient (Wildman–Crippen LogP) is 4.67. The van der Waals surface area contributed by atoms with Crippen LogP contribution in [0.5, 0.6) is 0 Å². The van der Waals surface area contributed by atoms with E-state index in [0.29, 0.717) is 0 Å². The van der Waals surface area contributed by atoms with Gasteiger partial charge in [-0.3, -0.25) is 4.79 Å². The van der Waals surface area contributed by atoms with Crippen LogP contribution in [0.1, 0.15) is 29.8 Å². The van der Waals surface area contributed by atoms with Gasteiger partial charge in [0, 0.05) is 20.8 Å². The van der Waals surface area contributed by atoms with Gasteiger partial charge in [-0.2, -0.15) is 11.3 Å². The molecule has 0 saturated heterocycles. The normalized spacial score (nSPS) is 11.5. The summed E-state index contributed by atoms with van der Waals surface area (Å²) >= 11 is 4.96. The monoisotopic (exact) mass is 308 g/mol. The van der Waals surface area contributed by atoms with Crippen molar-refractivity contribution >= 4 is 33.0 Å². The Morgan fingerprint density at radius 3 is 2.35 bits per heavy atom. The second-order valence-corrected chi connectivity index (χ2v) is 6.05. The minimum Gasteiger partial charge on any atom is -0.293 e. The zero-order chi connectivity index (χ0) is 12.5. The van der Waals surface area contributed by atoms with Crippen LogP contribution >= 0.6 is 27.3 Å². The average Bonchev–Trinajstić information content (AvgIpc) is 2.75. The molecule has 1 aromatic carbocycles. The van der Waals surface area contributed by atoms with E-state index in [9.17, 15) is 4.79 Å². The van der Waals surface area contributed by atoms with Crippen molar-refractivity contribution < 1.29 is 4.79 Å². The largest absolute Gasteiger partial charge is 0.293 e. The van der Waals surface area contributed by atoms with Gasteiger partial charge in [0.05, 0.1) is 5.41 Å². The van der Waals surface area contributed by atoms with Crippen molar-refractivity contribution in [2.45, 2.75) is 19.3 Å². The van der Waals surface area contributed by atoms with Gasteiger partial charge in [0.25, 0.3) is 0 Å². The first kappa shape index (κ1) is 12.5. The third-order valence-electron chi connectivity index (χ3n) is 2.92. The maximum absolute atomic E-state index is 12.5. The Hall–Kier alpha value is -0.930. The highest BCUT2D eigenvalue weighted by Crippen LogP contribution is 2.32. The minimum atomic E-state index is -0.495. The SMILES string of the molecule is CC(C)(C(=O)c1cscc1Br)c1ccccc1. The lowest BCUT2D eigenvalue weighted by molar-refractivity contribution is 0.0908. The van der Waals surface area contributed by atoms with Crippen LogP contribution in [0.2, 0.25) is 0 Å². The number of hydrogen-bond donors (Lipinski definition) is 0. The van der Waals surface area contributed by atoms with Gasteiger partial charge >= 0.3 is 0 Å². The molecule has 0 N–H and O–H groups in total. The lowest BCUT2D eigenvalue weighted by Gasteiger charge is -2.23. The number of halogens is 1. The molecule has 2 aromatic rings. The van der Waals surface area contributed by atoms with E-state index in [1.54, 1.807) is 0 Å². The molecular formula is C14H13BrOS. The van der Waals surface area contributed by atoms with Crippen LogP contribution in [0.15, 0.2) is 45.6 Å². The highest BCUT2D eigenvalue weighted by molar-refractivity contribution is 9.10. The molecule has 0 aliphatic rings. The molecule has 0 bridgehead atoms. The zero-order valence-electron chi connectivity index (χ0n) is 9.74. The fourth-order valence-electron chi connectivity index (χ4n) is 1.77. The van der Waals surface area contributed by atoms with E-state index in [0.717, 1.165) is 15.6 Å². The number of thiophene rings is 1. The molecule has 1 nitrogen and oxygen atoms in total. The molecule has 2 rings (SSSR count).